The Bertz CT molecular complexity index is 985. The van der Waals surface area contributed by atoms with Crippen molar-refractivity contribution in [2.75, 3.05) is 11.9 Å². The average molecular weight is 341 g/mol. The Balaban J connectivity index is 1.63. The van der Waals surface area contributed by atoms with Crippen LogP contribution in [0.5, 0.6) is 0 Å². The number of halogens is 2. The second kappa shape index (κ2) is 5.61. The van der Waals surface area contributed by atoms with Gasteiger partial charge in [-0.3, -0.25) is 4.40 Å². The third kappa shape index (κ3) is 2.97. The molecule has 4 rings (SSSR count). The number of nitrogens with zero attached hydrogens (tertiary/aromatic N) is 4. The molecule has 0 atom stereocenters. The van der Waals surface area contributed by atoms with Crippen LogP contribution in [0.4, 0.5) is 14.7 Å². The van der Waals surface area contributed by atoms with Gasteiger partial charge in [0.2, 0.25) is 11.9 Å². The second-order valence-electron chi connectivity index (χ2n) is 6.68. The van der Waals surface area contributed by atoms with E-state index < -0.39 is 11.6 Å². The maximum absolute atomic E-state index is 13.8. The molecule has 1 N–H and O–H groups in total. The number of aromatic nitrogens is 4. The lowest BCUT2D eigenvalue weighted by molar-refractivity contribution is 0.234. The van der Waals surface area contributed by atoms with Gasteiger partial charge < -0.3 is 5.32 Å². The molecule has 0 amide bonds. The standard InChI is InChI=1S/C18H17F2N5/c1-18(2,20)10-23-17-22-7-13-12(4-5-14(13)24-17)11-3-6-16-21-8-15(19)25(16)9-11/h3-4,6-9H,5,10H2,1-2H3,(H,22,23,24). The van der Waals surface area contributed by atoms with Gasteiger partial charge in [-0.25, -0.2) is 19.3 Å². The summed E-state index contributed by atoms with van der Waals surface area (Å²) in [5.41, 5.74) is 2.83. The maximum atomic E-state index is 13.8. The summed E-state index contributed by atoms with van der Waals surface area (Å²) in [5.74, 6) is 0.00976. The highest BCUT2D eigenvalue weighted by molar-refractivity contribution is 5.83. The summed E-state index contributed by atoms with van der Waals surface area (Å²) in [6.45, 7) is 3.14. The first-order chi connectivity index (χ1) is 11.9. The summed E-state index contributed by atoms with van der Waals surface area (Å²) in [6.07, 6.45) is 7.34. The first kappa shape index (κ1) is 15.7. The monoisotopic (exact) mass is 341 g/mol. The summed E-state index contributed by atoms with van der Waals surface area (Å²) < 4.78 is 28.8. The van der Waals surface area contributed by atoms with Gasteiger partial charge >= 0.3 is 0 Å². The van der Waals surface area contributed by atoms with Crippen LogP contribution in [0.2, 0.25) is 0 Å². The van der Waals surface area contributed by atoms with Crippen molar-refractivity contribution in [3.05, 3.63) is 59.6 Å². The maximum Gasteiger partial charge on any atom is 0.223 e. The highest BCUT2D eigenvalue weighted by atomic mass is 19.1. The molecule has 0 saturated heterocycles. The van der Waals surface area contributed by atoms with Crippen molar-refractivity contribution >= 4 is 17.2 Å². The van der Waals surface area contributed by atoms with E-state index in [1.807, 2.05) is 12.1 Å². The third-order valence-corrected chi connectivity index (χ3v) is 4.10. The van der Waals surface area contributed by atoms with Crippen molar-refractivity contribution in [3.63, 3.8) is 0 Å². The van der Waals surface area contributed by atoms with Gasteiger partial charge in [0.05, 0.1) is 18.4 Å². The van der Waals surface area contributed by atoms with E-state index in [9.17, 15) is 8.78 Å². The Kier molecular flexibility index (Phi) is 3.52. The quantitative estimate of drug-likeness (QED) is 0.790. The molecule has 0 spiro atoms. The van der Waals surface area contributed by atoms with Crippen LogP contribution in [0, 0.1) is 5.95 Å². The summed E-state index contributed by atoms with van der Waals surface area (Å²) in [5, 5.41) is 2.91. The zero-order chi connectivity index (χ0) is 17.6. The van der Waals surface area contributed by atoms with Gasteiger partial charge in [0.1, 0.15) is 11.3 Å². The number of hydrogen-bond donors (Lipinski definition) is 1. The van der Waals surface area contributed by atoms with Crippen LogP contribution in [0.25, 0.3) is 11.2 Å². The molecule has 3 heterocycles. The first-order valence-electron chi connectivity index (χ1n) is 8.03. The first-order valence-corrected chi connectivity index (χ1v) is 8.03. The number of anilines is 1. The van der Waals surface area contributed by atoms with Crippen LogP contribution >= 0.6 is 0 Å². The molecule has 128 valence electrons. The molecule has 0 aromatic carbocycles. The molecule has 0 bridgehead atoms. The minimum Gasteiger partial charge on any atom is -0.351 e. The Morgan fingerprint density at radius 1 is 1.24 bits per heavy atom. The topological polar surface area (TPSA) is 55.1 Å². The summed E-state index contributed by atoms with van der Waals surface area (Å²) in [7, 11) is 0. The number of nitrogens with one attached hydrogen (secondary N) is 1. The van der Waals surface area contributed by atoms with E-state index in [0.29, 0.717) is 18.0 Å². The van der Waals surface area contributed by atoms with Gasteiger partial charge in [-0.1, -0.05) is 6.08 Å². The average Bonchev–Trinajstić information content (AvgIpc) is 3.15. The smallest absolute Gasteiger partial charge is 0.223 e. The van der Waals surface area contributed by atoms with Gasteiger partial charge in [-0.15, -0.1) is 0 Å². The zero-order valence-electron chi connectivity index (χ0n) is 13.9. The van der Waals surface area contributed by atoms with E-state index in [4.69, 9.17) is 0 Å². The molecule has 0 radical (unpaired) electrons. The van der Waals surface area contributed by atoms with E-state index >= 15 is 0 Å². The Labute approximate surface area is 143 Å². The van der Waals surface area contributed by atoms with Crippen molar-refractivity contribution in [2.45, 2.75) is 25.9 Å². The predicted octanol–water partition coefficient (Wildman–Crippen LogP) is 3.41. The number of pyridine rings is 1. The van der Waals surface area contributed by atoms with Gasteiger partial charge in [0, 0.05) is 24.4 Å². The molecule has 5 nitrogen and oxygen atoms in total. The minimum absolute atomic E-state index is 0.142. The van der Waals surface area contributed by atoms with E-state index in [2.05, 4.69) is 20.3 Å². The Morgan fingerprint density at radius 2 is 2.08 bits per heavy atom. The molecule has 0 saturated carbocycles. The van der Waals surface area contributed by atoms with E-state index in [0.717, 1.165) is 22.4 Å². The molecule has 1 aliphatic rings. The number of imidazole rings is 1. The Hall–Kier alpha value is -2.83. The lowest BCUT2D eigenvalue weighted by atomic mass is 10.0. The second-order valence-corrected chi connectivity index (χ2v) is 6.68. The van der Waals surface area contributed by atoms with Crippen LogP contribution in [0.1, 0.15) is 30.7 Å². The van der Waals surface area contributed by atoms with Crippen LogP contribution in [0.3, 0.4) is 0 Å². The van der Waals surface area contributed by atoms with Crippen LogP contribution in [0.15, 0.2) is 36.8 Å². The van der Waals surface area contributed by atoms with Crippen molar-refractivity contribution in [3.8, 4) is 0 Å². The molecule has 1 aliphatic carbocycles. The SMILES string of the molecule is CC(C)(F)CNc1ncc2c(n1)CC=C2c1ccc2ncc(F)n2c1. The number of rotatable bonds is 4. The van der Waals surface area contributed by atoms with E-state index in [1.165, 1.54) is 24.4 Å². The molecule has 25 heavy (non-hydrogen) atoms. The largest absolute Gasteiger partial charge is 0.351 e. The predicted molar refractivity (Wildman–Crippen MR) is 91.6 cm³/mol. The Morgan fingerprint density at radius 3 is 2.88 bits per heavy atom. The number of alkyl halides is 1. The normalized spacial score (nSPS) is 13.8. The zero-order valence-corrected chi connectivity index (χ0v) is 13.9. The highest BCUT2D eigenvalue weighted by Crippen LogP contribution is 2.32. The van der Waals surface area contributed by atoms with Gasteiger partial charge in [0.15, 0.2) is 0 Å². The van der Waals surface area contributed by atoms with Crippen molar-refractivity contribution in [2.24, 2.45) is 0 Å². The summed E-state index contributed by atoms with van der Waals surface area (Å²) >= 11 is 0. The number of hydrogen-bond acceptors (Lipinski definition) is 4. The lowest BCUT2D eigenvalue weighted by Crippen LogP contribution is -2.25. The van der Waals surface area contributed by atoms with Gasteiger partial charge in [0.25, 0.3) is 0 Å². The molecular weight excluding hydrogens is 324 g/mol. The van der Waals surface area contributed by atoms with Crippen molar-refractivity contribution in [1.82, 2.24) is 19.4 Å². The number of allylic oxidation sites excluding steroid dienone is 1. The molecule has 7 heteroatoms. The molecule has 0 unspecified atom stereocenters. The van der Waals surface area contributed by atoms with Gasteiger partial charge in [-0.2, -0.15) is 4.39 Å². The van der Waals surface area contributed by atoms with Crippen LogP contribution in [-0.4, -0.2) is 31.6 Å². The minimum atomic E-state index is -1.34. The molecule has 3 aromatic heterocycles. The fraction of sp³-hybridized carbons (Fsp3) is 0.278. The summed E-state index contributed by atoms with van der Waals surface area (Å²) in [6, 6.07) is 3.68. The molecule has 0 fully saturated rings. The summed E-state index contributed by atoms with van der Waals surface area (Å²) in [4.78, 5) is 12.7. The van der Waals surface area contributed by atoms with Gasteiger partial charge in [-0.05, 0) is 37.1 Å². The van der Waals surface area contributed by atoms with Crippen LogP contribution in [-0.2, 0) is 6.42 Å². The van der Waals surface area contributed by atoms with Crippen LogP contribution < -0.4 is 5.32 Å². The van der Waals surface area contributed by atoms with E-state index in [1.54, 1.807) is 18.5 Å². The molecule has 3 aromatic rings. The van der Waals surface area contributed by atoms with Crippen molar-refractivity contribution in [1.29, 1.82) is 0 Å². The van der Waals surface area contributed by atoms with E-state index in [-0.39, 0.29) is 6.54 Å². The fourth-order valence-corrected chi connectivity index (χ4v) is 2.86. The lowest BCUT2D eigenvalue weighted by Gasteiger charge is -2.15. The third-order valence-electron chi connectivity index (χ3n) is 4.10. The molecule has 0 aliphatic heterocycles. The fourth-order valence-electron chi connectivity index (χ4n) is 2.86. The molecular formula is C18H17F2N5. The number of fused-ring (bicyclic) bond motifs is 2. The highest BCUT2D eigenvalue weighted by Gasteiger charge is 2.20. The van der Waals surface area contributed by atoms with Crippen molar-refractivity contribution < 1.29 is 8.78 Å².